The summed E-state index contributed by atoms with van der Waals surface area (Å²) in [5.74, 6) is 3.41. The molecule has 2 aromatic carbocycles. The normalized spacial score (nSPS) is 14.2. The number of halogens is 1. The minimum Gasteiger partial charge on any atom is -0.493 e. The number of methoxy groups -OCH3 is 3. The molecular weight excluding hydrogens is 510 g/mol. The van der Waals surface area contributed by atoms with Gasteiger partial charge in [-0.1, -0.05) is 26.0 Å². The number of piperazine rings is 1. The fourth-order valence-electron chi connectivity index (χ4n) is 4.49. The third kappa shape index (κ3) is 5.75. The Hall–Kier alpha value is -3.66. The van der Waals surface area contributed by atoms with Gasteiger partial charge in [0.15, 0.2) is 29.1 Å². The van der Waals surface area contributed by atoms with Crippen molar-refractivity contribution in [1.82, 2.24) is 14.9 Å². The van der Waals surface area contributed by atoms with Gasteiger partial charge in [-0.15, -0.1) is 12.4 Å². The molecule has 1 aromatic heterocycles. The van der Waals surface area contributed by atoms with E-state index in [9.17, 15) is 4.79 Å². The number of para-hydroxylation sites is 1. The number of hydrogen-bond acceptors (Lipinski definition) is 9. The number of nitrogens with two attached hydrogens (primary N) is 1. The lowest BCUT2D eigenvalue weighted by molar-refractivity contribution is -0.138. The number of amides is 1. The molecule has 1 fully saturated rings. The van der Waals surface area contributed by atoms with Gasteiger partial charge in [0.05, 0.1) is 26.8 Å². The van der Waals surface area contributed by atoms with Crippen molar-refractivity contribution in [2.75, 3.05) is 58.1 Å². The van der Waals surface area contributed by atoms with E-state index >= 15 is 0 Å². The zero-order valence-corrected chi connectivity index (χ0v) is 23.5. The molecule has 0 bridgehead atoms. The van der Waals surface area contributed by atoms with E-state index in [4.69, 9.17) is 29.7 Å². The van der Waals surface area contributed by atoms with Crippen LogP contribution in [0.5, 0.6) is 23.0 Å². The van der Waals surface area contributed by atoms with E-state index in [-0.39, 0.29) is 24.2 Å². The van der Waals surface area contributed by atoms with Crippen LogP contribution in [-0.2, 0) is 4.79 Å². The maximum atomic E-state index is 13.3. The van der Waals surface area contributed by atoms with E-state index in [1.165, 1.54) is 0 Å². The second-order valence-corrected chi connectivity index (χ2v) is 9.24. The molecule has 4 rings (SSSR count). The first kappa shape index (κ1) is 28.9. The van der Waals surface area contributed by atoms with Crippen LogP contribution in [0.1, 0.15) is 32.3 Å². The molecule has 10 nitrogen and oxygen atoms in total. The summed E-state index contributed by atoms with van der Waals surface area (Å²) in [6.07, 6.45) is -0.657. The van der Waals surface area contributed by atoms with E-state index in [0.29, 0.717) is 71.8 Å². The maximum absolute atomic E-state index is 13.3. The van der Waals surface area contributed by atoms with Crippen molar-refractivity contribution in [3.05, 3.63) is 35.9 Å². The van der Waals surface area contributed by atoms with E-state index in [1.54, 1.807) is 40.4 Å². The number of ether oxygens (including phenoxy) is 4. The van der Waals surface area contributed by atoms with Gasteiger partial charge in [0.25, 0.3) is 5.91 Å². The first-order valence-corrected chi connectivity index (χ1v) is 12.3. The summed E-state index contributed by atoms with van der Waals surface area (Å²) in [4.78, 5) is 26.3. The van der Waals surface area contributed by atoms with Crippen molar-refractivity contribution in [2.45, 2.75) is 32.8 Å². The van der Waals surface area contributed by atoms with Gasteiger partial charge in [0.1, 0.15) is 5.82 Å². The lowest BCUT2D eigenvalue weighted by Gasteiger charge is -2.36. The van der Waals surface area contributed by atoms with Crippen molar-refractivity contribution in [1.29, 1.82) is 0 Å². The number of rotatable bonds is 8. The fourth-order valence-corrected chi connectivity index (χ4v) is 4.49. The third-order valence-corrected chi connectivity index (χ3v) is 6.59. The van der Waals surface area contributed by atoms with Crippen LogP contribution in [-0.4, -0.2) is 74.4 Å². The van der Waals surface area contributed by atoms with Crippen molar-refractivity contribution < 1.29 is 23.7 Å². The number of hydrogen-bond donors (Lipinski definition) is 1. The molecule has 1 aliphatic rings. The first-order valence-electron chi connectivity index (χ1n) is 12.3. The summed E-state index contributed by atoms with van der Waals surface area (Å²) < 4.78 is 22.4. The standard InChI is InChI=1S/C27H35N5O5.ClH/c1-16(2)18-8-7-9-21(34-4)24(18)37-17(3)26(33)31-10-12-32(13-11-31)27-29-20-15-23(36-6)22(35-5)14-19(20)25(28)30-27;/h7-9,14-17H,10-13H2,1-6H3,(H2,28,29,30);1H. The number of fused-ring (bicyclic) bond motifs is 1. The van der Waals surface area contributed by atoms with E-state index < -0.39 is 6.10 Å². The van der Waals surface area contributed by atoms with Crippen LogP contribution in [0.4, 0.5) is 11.8 Å². The monoisotopic (exact) mass is 545 g/mol. The highest BCUT2D eigenvalue weighted by Crippen LogP contribution is 2.37. The highest BCUT2D eigenvalue weighted by atomic mass is 35.5. The molecule has 3 aromatic rings. The number of nitrogen functional groups attached to an aromatic ring is 1. The summed E-state index contributed by atoms with van der Waals surface area (Å²) in [7, 11) is 4.75. The van der Waals surface area contributed by atoms with E-state index in [0.717, 1.165) is 5.56 Å². The molecule has 1 amide bonds. The van der Waals surface area contributed by atoms with Gasteiger partial charge in [-0.2, -0.15) is 4.98 Å². The van der Waals surface area contributed by atoms with Crippen LogP contribution < -0.4 is 29.6 Å². The molecule has 1 saturated heterocycles. The molecule has 1 atom stereocenters. The van der Waals surface area contributed by atoms with E-state index in [2.05, 4.69) is 18.8 Å². The quantitative estimate of drug-likeness (QED) is 0.450. The smallest absolute Gasteiger partial charge is 0.263 e. The van der Waals surface area contributed by atoms with Crippen LogP contribution >= 0.6 is 12.4 Å². The Morgan fingerprint density at radius 3 is 2.16 bits per heavy atom. The molecule has 2 N–H and O–H groups in total. The number of aromatic nitrogens is 2. The molecule has 0 aliphatic carbocycles. The Morgan fingerprint density at radius 2 is 1.55 bits per heavy atom. The van der Waals surface area contributed by atoms with Gasteiger partial charge in [-0.05, 0) is 25.0 Å². The van der Waals surface area contributed by atoms with Crippen LogP contribution in [0, 0.1) is 0 Å². The predicted molar refractivity (Wildman–Crippen MR) is 150 cm³/mol. The number of nitrogens with zero attached hydrogens (tertiary/aromatic N) is 4. The Morgan fingerprint density at radius 1 is 0.921 bits per heavy atom. The van der Waals surface area contributed by atoms with Gasteiger partial charge >= 0.3 is 0 Å². The summed E-state index contributed by atoms with van der Waals surface area (Å²) >= 11 is 0. The zero-order valence-electron chi connectivity index (χ0n) is 22.7. The summed E-state index contributed by atoms with van der Waals surface area (Å²) in [5, 5.41) is 0.693. The molecule has 38 heavy (non-hydrogen) atoms. The van der Waals surface area contributed by atoms with Crippen LogP contribution in [0.3, 0.4) is 0 Å². The Kier molecular flexibility index (Phi) is 9.32. The van der Waals surface area contributed by atoms with Crippen molar-refractivity contribution >= 4 is 41.0 Å². The molecule has 11 heteroatoms. The number of carbonyl (C=O) groups excluding carboxylic acids is 1. The van der Waals surface area contributed by atoms with Crippen molar-refractivity contribution in [2.24, 2.45) is 0 Å². The second kappa shape index (κ2) is 12.3. The predicted octanol–water partition coefficient (Wildman–Crippen LogP) is 3.90. The molecule has 206 valence electrons. The molecular formula is C27H36ClN5O5. The SMILES string of the molecule is COc1cc2nc(N3CCN(C(=O)C(C)Oc4c(OC)cccc4C(C)C)CC3)nc(N)c2cc1OC.Cl. The highest BCUT2D eigenvalue weighted by molar-refractivity contribution is 5.91. The van der Waals surface area contributed by atoms with Crippen molar-refractivity contribution in [3.8, 4) is 23.0 Å². The summed E-state index contributed by atoms with van der Waals surface area (Å²) in [6, 6.07) is 9.34. The van der Waals surface area contributed by atoms with Gasteiger partial charge in [0.2, 0.25) is 5.95 Å². The molecule has 2 heterocycles. The molecule has 1 unspecified atom stereocenters. The lowest BCUT2D eigenvalue weighted by atomic mass is 10.0. The molecule has 0 saturated carbocycles. The highest BCUT2D eigenvalue weighted by Gasteiger charge is 2.29. The average molecular weight is 546 g/mol. The zero-order chi connectivity index (χ0) is 26.7. The second-order valence-electron chi connectivity index (χ2n) is 9.24. The number of benzene rings is 2. The Labute approximate surface area is 229 Å². The lowest BCUT2D eigenvalue weighted by Crippen LogP contribution is -2.52. The third-order valence-electron chi connectivity index (χ3n) is 6.59. The summed E-state index contributed by atoms with van der Waals surface area (Å²) in [5.41, 5.74) is 7.93. The van der Waals surface area contributed by atoms with Crippen molar-refractivity contribution in [3.63, 3.8) is 0 Å². The number of carbonyl (C=O) groups is 1. The van der Waals surface area contributed by atoms with Gasteiger partial charge in [0, 0.05) is 43.2 Å². The molecule has 0 spiro atoms. The van der Waals surface area contributed by atoms with Gasteiger partial charge < -0.3 is 34.5 Å². The number of anilines is 2. The topological polar surface area (TPSA) is 112 Å². The molecule has 0 radical (unpaired) electrons. The van der Waals surface area contributed by atoms with E-state index in [1.807, 2.05) is 28.0 Å². The minimum absolute atomic E-state index is 0. The first-order chi connectivity index (χ1) is 17.8. The average Bonchev–Trinajstić information content (AvgIpc) is 2.91. The minimum atomic E-state index is -0.657. The summed E-state index contributed by atoms with van der Waals surface area (Å²) in [6.45, 7) is 8.12. The van der Waals surface area contributed by atoms with Gasteiger partial charge in [-0.25, -0.2) is 4.98 Å². The maximum Gasteiger partial charge on any atom is 0.263 e. The Bertz CT molecular complexity index is 1280. The molecule has 1 aliphatic heterocycles. The van der Waals surface area contributed by atoms with Crippen LogP contribution in [0.2, 0.25) is 0 Å². The largest absolute Gasteiger partial charge is 0.493 e. The fraction of sp³-hybridized carbons (Fsp3) is 0.444. The van der Waals surface area contributed by atoms with Crippen LogP contribution in [0.15, 0.2) is 30.3 Å². The Balaban J connectivity index is 0.00000400. The van der Waals surface area contributed by atoms with Gasteiger partial charge in [-0.3, -0.25) is 4.79 Å². The van der Waals surface area contributed by atoms with Crippen LogP contribution in [0.25, 0.3) is 10.9 Å².